The Kier molecular flexibility index (Phi) is 7.41. The molecule has 20 heavy (non-hydrogen) atoms. The van der Waals surface area contributed by atoms with Gasteiger partial charge in [0.15, 0.2) is 5.96 Å². The van der Waals surface area contributed by atoms with Crippen LogP contribution in [0.15, 0.2) is 4.99 Å². The zero-order chi connectivity index (χ0) is 13.9. The van der Waals surface area contributed by atoms with Gasteiger partial charge in [0, 0.05) is 49.8 Å². The molecule has 2 rings (SSSR count). The molecule has 1 N–H and O–H groups in total. The summed E-state index contributed by atoms with van der Waals surface area (Å²) in [4.78, 5) is 9.29. The molecule has 0 aromatic heterocycles. The largest absolute Gasteiger partial charge is 0.355 e. The van der Waals surface area contributed by atoms with E-state index in [-0.39, 0.29) is 24.0 Å². The molecule has 0 aromatic rings. The van der Waals surface area contributed by atoms with Crippen molar-refractivity contribution in [2.24, 2.45) is 4.99 Å². The van der Waals surface area contributed by atoms with Crippen molar-refractivity contribution in [2.45, 2.75) is 37.5 Å². The SMILES string of the molecule is CN=C(NCCN(C)C1CC1)N1CCSC(C)(C)C1.I. The standard InChI is InChI=1S/C14H28N4S.HI/c1-14(2)11-18(9-10-19-14)13(15-3)16-7-8-17(4)12-5-6-12;/h12H,5-11H2,1-4H3,(H,15,16);1H. The van der Waals surface area contributed by atoms with E-state index in [2.05, 4.69) is 52.8 Å². The van der Waals surface area contributed by atoms with Gasteiger partial charge in [-0.05, 0) is 33.7 Å². The highest BCUT2D eigenvalue weighted by molar-refractivity contribution is 14.0. The Morgan fingerprint density at radius 2 is 2.15 bits per heavy atom. The molecule has 0 aromatic carbocycles. The average Bonchev–Trinajstić information content (AvgIpc) is 3.17. The number of nitrogens with one attached hydrogen (secondary N) is 1. The zero-order valence-corrected chi connectivity index (χ0v) is 16.3. The molecule has 1 aliphatic heterocycles. The lowest BCUT2D eigenvalue weighted by molar-refractivity contribution is 0.322. The third-order valence-corrected chi connectivity index (χ3v) is 5.15. The van der Waals surface area contributed by atoms with Crippen LogP contribution in [-0.2, 0) is 0 Å². The second-order valence-electron chi connectivity index (χ2n) is 6.22. The van der Waals surface area contributed by atoms with Crippen molar-refractivity contribution in [3.05, 3.63) is 0 Å². The van der Waals surface area contributed by atoms with Gasteiger partial charge in [-0.2, -0.15) is 11.8 Å². The molecular formula is C14H29IN4S. The van der Waals surface area contributed by atoms with E-state index in [1.165, 1.54) is 18.6 Å². The number of hydrogen-bond donors (Lipinski definition) is 1. The second kappa shape index (κ2) is 8.08. The number of nitrogens with zero attached hydrogens (tertiary/aromatic N) is 3. The second-order valence-corrected chi connectivity index (χ2v) is 8.02. The quantitative estimate of drug-likeness (QED) is 0.435. The maximum absolute atomic E-state index is 4.44. The third kappa shape index (κ3) is 5.60. The van der Waals surface area contributed by atoms with Crippen molar-refractivity contribution < 1.29 is 0 Å². The monoisotopic (exact) mass is 412 g/mol. The van der Waals surface area contributed by atoms with Crippen molar-refractivity contribution >= 4 is 41.7 Å². The van der Waals surface area contributed by atoms with Crippen LogP contribution < -0.4 is 5.32 Å². The van der Waals surface area contributed by atoms with Crippen molar-refractivity contribution in [1.29, 1.82) is 0 Å². The van der Waals surface area contributed by atoms with E-state index in [1.54, 1.807) is 0 Å². The van der Waals surface area contributed by atoms with Gasteiger partial charge < -0.3 is 15.1 Å². The van der Waals surface area contributed by atoms with E-state index < -0.39 is 0 Å². The lowest BCUT2D eigenvalue weighted by Gasteiger charge is -2.39. The Morgan fingerprint density at radius 1 is 1.45 bits per heavy atom. The number of rotatable bonds is 4. The van der Waals surface area contributed by atoms with Crippen LogP contribution in [0.5, 0.6) is 0 Å². The summed E-state index contributed by atoms with van der Waals surface area (Å²) >= 11 is 2.06. The Labute approximate surface area is 145 Å². The van der Waals surface area contributed by atoms with Gasteiger partial charge in [0.05, 0.1) is 0 Å². The van der Waals surface area contributed by atoms with Gasteiger partial charge in [0.25, 0.3) is 0 Å². The van der Waals surface area contributed by atoms with Crippen LogP contribution in [0, 0.1) is 0 Å². The molecule has 0 bridgehead atoms. The van der Waals surface area contributed by atoms with Crippen molar-refractivity contribution in [2.75, 3.05) is 46.0 Å². The highest BCUT2D eigenvalue weighted by Crippen LogP contribution is 2.29. The van der Waals surface area contributed by atoms with Gasteiger partial charge >= 0.3 is 0 Å². The summed E-state index contributed by atoms with van der Waals surface area (Å²) in [6.45, 7) is 8.91. The zero-order valence-electron chi connectivity index (χ0n) is 13.2. The summed E-state index contributed by atoms with van der Waals surface area (Å²) in [5, 5.41) is 3.52. The summed E-state index contributed by atoms with van der Waals surface area (Å²) in [6, 6.07) is 0.842. The van der Waals surface area contributed by atoms with Gasteiger partial charge in [0.1, 0.15) is 0 Å². The first kappa shape index (κ1) is 18.4. The van der Waals surface area contributed by atoms with E-state index >= 15 is 0 Å². The summed E-state index contributed by atoms with van der Waals surface area (Å²) in [7, 11) is 4.12. The molecule has 6 heteroatoms. The first-order valence-corrected chi connectivity index (χ1v) is 8.30. The lowest BCUT2D eigenvalue weighted by Crippen LogP contribution is -2.51. The van der Waals surface area contributed by atoms with Crippen molar-refractivity contribution in [1.82, 2.24) is 15.1 Å². The fourth-order valence-electron chi connectivity index (χ4n) is 2.57. The summed E-state index contributed by atoms with van der Waals surface area (Å²) in [5.41, 5.74) is 0. The molecular weight excluding hydrogens is 383 g/mol. The minimum atomic E-state index is 0. The molecule has 0 radical (unpaired) electrons. The number of guanidine groups is 1. The molecule has 1 saturated heterocycles. The Hall–Kier alpha value is 0.310. The molecule has 0 spiro atoms. The molecule has 2 fully saturated rings. The molecule has 1 heterocycles. The Morgan fingerprint density at radius 3 is 2.70 bits per heavy atom. The smallest absolute Gasteiger partial charge is 0.193 e. The fourth-order valence-corrected chi connectivity index (χ4v) is 3.68. The number of aliphatic imine (C=N–C) groups is 1. The highest BCUT2D eigenvalue weighted by atomic mass is 127. The summed E-state index contributed by atoms with van der Waals surface area (Å²) in [6.07, 6.45) is 2.76. The molecule has 1 saturated carbocycles. The van der Waals surface area contributed by atoms with E-state index in [1.807, 2.05) is 7.05 Å². The number of halogens is 1. The van der Waals surface area contributed by atoms with Gasteiger partial charge in [-0.15, -0.1) is 24.0 Å². The first-order valence-electron chi connectivity index (χ1n) is 7.31. The van der Waals surface area contributed by atoms with E-state index in [0.717, 1.165) is 38.2 Å². The van der Waals surface area contributed by atoms with Gasteiger partial charge in [0.2, 0.25) is 0 Å². The summed E-state index contributed by atoms with van der Waals surface area (Å²) in [5.74, 6) is 2.26. The van der Waals surface area contributed by atoms with Crippen LogP contribution in [0.1, 0.15) is 26.7 Å². The number of likely N-dealkylation sites (N-methyl/N-ethyl adjacent to an activating group) is 1. The maximum atomic E-state index is 4.44. The average molecular weight is 412 g/mol. The van der Waals surface area contributed by atoms with Crippen LogP contribution in [0.4, 0.5) is 0 Å². The molecule has 4 nitrogen and oxygen atoms in total. The van der Waals surface area contributed by atoms with Crippen molar-refractivity contribution in [3.63, 3.8) is 0 Å². The van der Waals surface area contributed by atoms with Crippen molar-refractivity contribution in [3.8, 4) is 0 Å². The van der Waals surface area contributed by atoms with Crippen LogP contribution in [0.25, 0.3) is 0 Å². The topological polar surface area (TPSA) is 30.9 Å². The third-order valence-electron chi connectivity index (χ3n) is 3.85. The van der Waals surface area contributed by atoms with Crippen LogP contribution >= 0.6 is 35.7 Å². The molecule has 2 aliphatic rings. The maximum Gasteiger partial charge on any atom is 0.193 e. The van der Waals surface area contributed by atoms with Gasteiger partial charge in [-0.1, -0.05) is 0 Å². The highest BCUT2D eigenvalue weighted by Gasteiger charge is 2.29. The molecule has 118 valence electrons. The van der Waals surface area contributed by atoms with Crippen LogP contribution in [0.2, 0.25) is 0 Å². The van der Waals surface area contributed by atoms with Gasteiger partial charge in [-0.3, -0.25) is 4.99 Å². The summed E-state index contributed by atoms with van der Waals surface area (Å²) < 4.78 is 0.334. The van der Waals surface area contributed by atoms with Gasteiger partial charge in [-0.25, -0.2) is 0 Å². The lowest BCUT2D eigenvalue weighted by atomic mass is 10.2. The Bertz CT molecular complexity index is 331. The molecule has 0 amide bonds. The molecule has 0 atom stereocenters. The minimum absolute atomic E-state index is 0. The predicted molar refractivity (Wildman–Crippen MR) is 101 cm³/mol. The normalized spacial score (nSPS) is 22.6. The van der Waals surface area contributed by atoms with E-state index in [9.17, 15) is 0 Å². The predicted octanol–water partition coefficient (Wildman–Crippen LogP) is 2.10. The minimum Gasteiger partial charge on any atom is -0.355 e. The molecule has 0 unspecified atom stereocenters. The fraction of sp³-hybridized carbons (Fsp3) is 0.929. The number of thioether (sulfide) groups is 1. The van der Waals surface area contributed by atoms with Crippen LogP contribution in [-0.4, -0.2) is 72.6 Å². The van der Waals surface area contributed by atoms with Crippen LogP contribution in [0.3, 0.4) is 0 Å². The van der Waals surface area contributed by atoms with E-state index in [4.69, 9.17) is 0 Å². The Balaban J connectivity index is 0.00000200. The number of hydrogen-bond acceptors (Lipinski definition) is 3. The first-order chi connectivity index (χ1) is 9.02. The molecule has 1 aliphatic carbocycles. The van der Waals surface area contributed by atoms with E-state index in [0.29, 0.717) is 4.75 Å².